The maximum absolute atomic E-state index is 2.62. The first kappa shape index (κ1) is 41.5. The van der Waals surface area contributed by atoms with Gasteiger partial charge in [0.2, 0.25) is 0 Å². The second kappa shape index (κ2) is 15.9. The maximum atomic E-state index is 2.62. The Balaban J connectivity index is 1.13. The molecule has 342 valence electrons. The van der Waals surface area contributed by atoms with Crippen molar-refractivity contribution < 1.29 is 0 Å². The number of rotatable bonds is 6. The van der Waals surface area contributed by atoms with E-state index in [2.05, 4.69) is 278 Å². The molecule has 2 heterocycles. The highest BCUT2D eigenvalue weighted by Gasteiger charge is 2.43. The zero-order chi connectivity index (χ0) is 48.4. The standard InChI is InChI=1S/C71H48N2/c1-71(2)65-57(39-41-59-63(65)61(45-23-7-3-8-24-45)67(47-27-11-5-12-28-47)72(59)69-53-35-19-15-31-49(53)43-50-32-16-20-36-54(50)69)58-40-42-60-64(66(58)71)62(46-25-9-4-10-26-46)68(48-29-13-6-14-30-48)73(60)70-55-37-21-17-33-51(55)44-52-34-18-22-38-56(52)70/h3-44H,1-2H3. The highest BCUT2D eigenvalue weighted by Crippen LogP contribution is 2.60. The summed E-state index contributed by atoms with van der Waals surface area (Å²) in [7, 11) is 0. The van der Waals surface area contributed by atoms with E-state index < -0.39 is 5.41 Å². The molecule has 73 heavy (non-hydrogen) atoms. The summed E-state index contributed by atoms with van der Waals surface area (Å²) in [5.74, 6) is 0. The lowest BCUT2D eigenvalue weighted by atomic mass is 9.77. The van der Waals surface area contributed by atoms with Crippen LogP contribution in [0.3, 0.4) is 0 Å². The van der Waals surface area contributed by atoms with Crippen LogP contribution in [-0.2, 0) is 5.41 Å². The van der Waals surface area contributed by atoms with Crippen LogP contribution in [-0.4, -0.2) is 9.13 Å². The fourth-order valence-corrected chi connectivity index (χ4v) is 13.1. The molecule has 14 aromatic rings. The molecule has 0 atom stereocenters. The van der Waals surface area contributed by atoms with E-state index in [4.69, 9.17) is 0 Å². The van der Waals surface area contributed by atoms with Gasteiger partial charge in [0.05, 0.1) is 33.8 Å². The summed E-state index contributed by atoms with van der Waals surface area (Å²) >= 11 is 0. The zero-order valence-corrected chi connectivity index (χ0v) is 40.6. The predicted molar refractivity (Wildman–Crippen MR) is 309 cm³/mol. The lowest BCUT2D eigenvalue weighted by molar-refractivity contribution is 0.672. The molecule has 15 rings (SSSR count). The molecule has 12 aromatic carbocycles. The molecule has 0 aliphatic heterocycles. The van der Waals surface area contributed by atoms with Gasteiger partial charge in [-0.3, -0.25) is 0 Å². The minimum absolute atomic E-state index is 0.474. The highest BCUT2D eigenvalue weighted by atomic mass is 15.0. The summed E-state index contributed by atoms with van der Waals surface area (Å²) < 4.78 is 5.25. The molecule has 2 nitrogen and oxygen atoms in total. The lowest BCUT2D eigenvalue weighted by Crippen LogP contribution is -2.16. The minimum atomic E-state index is -0.474. The zero-order valence-electron chi connectivity index (χ0n) is 40.6. The number of nitrogens with zero attached hydrogens (tertiary/aromatic N) is 2. The van der Waals surface area contributed by atoms with Crippen molar-refractivity contribution in [2.24, 2.45) is 0 Å². The fourth-order valence-electron chi connectivity index (χ4n) is 13.1. The molecule has 0 bridgehead atoms. The third kappa shape index (κ3) is 5.98. The van der Waals surface area contributed by atoms with E-state index >= 15 is 0 Å². The smallest absolute Gasteiger partial charge is 0.0620 e. The van der Waals surface area contributed by atoms with Crippen LogP contribution >= 0.6 is 0 Å². The molecule has 2 heteroatoms. The molecule has 0 N–H and O–H groups in total. The summed E-state index contributed by atoms with van der Waals surface area (Å²) in [5.41, 5.74) is 19.3. The van der Waals surface area contributed by atoms with Gasteiger partial charge in [0, 0.05) is 48.9 Å². The van der Waals surface area contributed by atoms with E-state index in [9.17, 15) is 0 Å². The van der Waals surface area contributed by atoms with Crippen LogP contribution in [0.5, 0.6) is 0 Å². The van der Waals surface area contributed by atoms with Crippen LogP contribution < -0.4 is 0 Å². The molecule has 1 aliphatic rings. The normalized spacial score (nSPS) is 12.9. The summed E-state index contributed by atoms with van der Waals surface area (Å²) in [5, 5.41) is 12.4. The van der Waals surface area contributed by atoms with Crippen molar-refractivity contribution >= 4 is 64.9 Å². The third-order valence-corrected chi connectivity index (χ3v) is 16.0. The first-order valence-electron chi connectivity index (χ1n) is 25.5. The van der Waals surface area contributed by atoms with Crippen molar-refractivity contribution in [3.63, 3.8) is 0 Å². The Kier molecular flexibility index (Phi) is 9.04. The number of hydrogen-bond donors (Lipinski definition) is 0. The summed E-state index contributed by atoms with van der Waals surface area (Å²) in [6.07, 6.45) is 0. The minimum Gasteiger partial charge on any atom is -0.307 e. The Labute approximate surface area is 424 Å². The second-order valence-electron chi connectivity index (χ2n) is 20.3. The molecule has 0 amide bonds. The van der Waals surface area contributed by atoms with Gasteiger partial charge in [0.15, 0.2) is 0 Å². The van der Waals surface area contributed by atoms with Crippen molar-refractivity contribution in [1.82, 2.24) is 9.13 Å². The van der Waals surface area contributed by atoms with Crippen molar-refractivity contribution in [2.75, 3.05) is 0 Å². The predicted octanol–water partition coefficient (Wildman–Crippen LogP) is 19.2. The Hall–Kier alpha value is -9.24. The Morgan fingerprint density at radius 3 is 0.904 bits per heavy atom. The molecule has 0 spiro atoms. The largest absolute Gasteiger partial charge is 0.307 e. The number of hydrogen-bond acceptors (Lipinski definition) is 0. The molecule has 0 unspecified atom stereocenters. The molecule has 2 aromatic heterocycles. The number of benzene rings is 12. The first-order valence-corrected chi connectivity index (χ1v) is 25.5. The molecule has 0 saturated carbocycles. The van der Waals surface area contributed by atoms with Gasteiger partial charge in [-0.1, -0.05) is 244 Å². The van der Waals surface area contributed by atoms with E-state index in [1.54, 1.807) is 0 Å². The quantitative estimate of drug-likeness (QED) is 0.147. The SMILES string of the molecule is CC1(C)c2c(ccc3c2c(-c2ccccc2)c(-c2ccccc2)n3-c2c3ccccc3cc3ccccc23)-c2ccc3c(c(-c4ccccc4)c(-c4ccccc4)n3-c3c4ccccc4cc4ccccc34)c21. The Bertz CT molecular complexity index is 4140. The van der Waals surface area contributed by atoms with E-state index in [0.29, 0.717) is 0 Å². The lowest BCUT2D eigenvalue weighted by Gasteiger charge is -2.25. The van der Waals surface area contributed by atoms with E-state index in [0.717, 1.165) is 0 Å². The summed E-state index contributed by atoms with van der Waals surface area (Å²) in [6, 6.07) is 94.7. The fraction of sp³-hybridized carbons (Fsp3) is 0.0423. The van der Waals surface area contributed by atoms with Crippen molar-refractivity contribution in [2.45, 2.75) is 19.3 Å². The Morgan fingerprint density at radius 1 is 0.288 bits per heavy atom. The van der Waals surface area contributed by atoms with Gasteiger partial charge in [-0.25, -0.2) is 0 Å². The molecular weight excluding hydrogens is 881 g/mol. The van der Waals surface area contributed by atoms with E-state index in [1.165, 1.54) is 143 Å². The number of aromatic nitrogens is 2. The van der Waals surface area contributed by atoms with Crippen molar-refractivity contribution in [3.05, 3.63) is 266 Å². The van der Waals surface area contributed by atoms with E-state index in [-0.39, 0.29) is 0 Å². The van der Waals surface area contributed by atoms with Gasteiger partial charge in [0.1, 0.15) is 0 Å². The molecule has 0 saturated heterocycles. The average Bonchev–Trinajstić information content (AvgIpc) is 4.06. The monoisotopic (exact) mass is 928 g/mol. The van der Waals surface area contributed by atoms with Gasteiger partial charge in [-0.15, -0.1) is 0 Å². The van der Waals surface area contributed by atoms with Crippen LogP contribution in [0, 0.1) is 0 Å². The van der Waals surface area contributed by atoms with Crippen LogP contribution in [0.1, 0.15) is 25.0 Å². The van der Waals surface area contributed by atoms with Gasteiger partial charge in [-0.2, -0.15) is 0 Å². The molecule has 0 radical (unpaired) electrons. The molecule has 0 fully saturated rings. The van der Waals surface area contributed by atoms with Crippen LogP contribution in [0.2, 0.25) is 0 Å². The highest BCUT2D eigenvalue weighted by molar-refractivity contribution is 6.19. The average molecular weight is 929 g/mol. The second-order valence-corrected chi connectivity index (χ2v) is 20.3. The van der Waals surface area contributed by atoms with Gasteiger partial charge < -0.3 is 9.13 Å². The summed E-state index contributed by atoms with van der Waals surface area (Å²) in [6.45, 7) is 5.00. The van der Waals surface area contributed by atoms with Gasteiger partial charge in [0.25, 0.3) is 0 Å². The van der Waals surface area contributed by atoms with Gasteiger partial charge in [-0.05, 0) is 90.3 Å². The van der Waals surface area contributed by atoms with Gasteiger partial charge >= 0.3 is 0 Å². The topological polar surface area (TPSA) is 9.86 Å². The first-order chi connectivity index (χ1) is 36.0. The number of fused-ring (bicyclic) bond motifs is 11. The maximum Gasteiger partial charge on any atom is 0.0620 e. The third-order valence-electron chi connectivity index (χ3n) is 16.0. The molecule has 1 aliphatic carbocycles. The Morgan fingerprint density at radius 2 is 0.575 bits per heavy atom. The van der Waals surface area contributed by atoms with Crippen LogP contribution in [0.25, 0.3) is 132 Å². The summed E-state index contributed by atoms with van der Waals surface area (Å²) in [4.78, 5) is 0. The molecular formula is C71H48N2. The van der Waals surface area contributed by atoms with Crippen LogP contribution in [0.15, 0.2) is 255 Å². The van der Waals surface area contributed by atoms with E-state index in [1.807, 2.05) is 0 Å². The van der Waals surface area contributed by atoms with Crippen LogP contribution in [0.4, 0.5) is 0 Å². The van der Waals surface area contributed by atoms with Crippen molar-refractivity contribution in [3.8, 4) is 67.3 Å². The van der Waals surface area contributed by atoms with Crippen molar-refractivity contribution in [1.29, 1.82) is 0 Å².